The number of hydrogen-bond acceptors (Lipinski definition) is 25. The van der Waals surface area contributed by atoms with Crippen molar-refractivity contribution in [2.75, 3.05) is 72.9 Å². The van der Waals surface area contributed by atoms with Crippen LogP contribution in [0.15, 0.2) is 128 Å². The molecule has 6 aromatic rings. The van der Waals surface area contributed by atoms with Gasteiger partial charge in [-0.3, -0.25) is 40.4 Å². The maximum Gasteiger partial charge on any atom is 0.415 e. The van der Waals surface area contributed by atoms with Crippen molar-refractivity contribution in [2.45, 2.75) is 66.7 Å². The van der Waals surface area contributed by atoms with Crippen molar-refractivity contribution >= 4 is 123 Å². The van der Waals surface area contributed by atoms with Crippen molar-refractivity contribution in [3.8, 4) is 28.4 Å². The average molecular weight is 1240 g/mol. The minimum atomic E-state index is -1.19. The second-order valence-electron chi connectivity index (χ2n) is 18.2. The summed E-state index contributed by atoms with van der Waals surface area (Å²) in [6.45, 7) is 8.12. The maximum atomic E-state index is 13.5. The van der Waals surface area contributed by atoms with E-state index in [4.69, 9.17) is 28.4 Å². The number of aromatic nitrogens is 3. The van der Waals surface area contributed by atoms with Gasteiger partial charge in [0.15, 0.2) is 52.2 Å². The van der Waals surface area contributed by atoms with Crippen LogP contribution in [0, 0.1) is 0 Å². The van der Waals surface area contributed by atoms with Crippen molar-refractivity contribution in [2.24, 2.45) is 30.7 Å². The fraction of sp³-hybridized carbons (Fsp3) is 0.276. The Morgan fingerprint density at radius 1 is 0.433 bits per heavy atom. The molecule has 90 heavy (non-hydrogen) atoms. The minimum Gasteiger partial charge on any atom is -0.453 e. The Labute approximate surface area is 513 Å². The number of azo groups is 3. The van der Waals surface area contributed by atoms with Gasteiger partial charge >= 0.3 is 42.4 Å². The summed E-state index contributed by atoms with van der Waals surface area (Å²) in [4.78, 5) is 129. The number of pyridine rings is 3. The van der Waals surface area contributed by atoms with Gasteiger partial charge in [-0.2, -0.15) is 15.3 Å². The molecule has 32 heteroatoms. The number of nitrogens with one attached hydrogen (secondary N) is 6. The second-order valence-corrected chi connectivity index (χ2v) is 18.2. The number of amides is 7. The third-order valence-electron chi connectivity index (χ3n) is 11.6. The van der Waals surface area contributed by atoms with Crippen molar-refractivity contribution in [1.29, 1.82) is 0 Å². The number of nitrogens with zero attached hydrogens (tertiary/aromatic N) is 10. The number of hydrogen-bond donors (Lipinski definition) is 6. The molecule has 0 atom stereocenters. The van der Waals surface area contributed by atoms with E-state index >= 15 is 0 Å². The van der Waals surface area contributed by atoms with Gasteiger partial charge in [0, 0.05) is 51.1 Å². The van der Waals surface area contributed by atoms with Crippen LogP contribution in [0.2, 0.25) is 0 Å². The molecule has 3 heterocycles. The van der Waals surface area contributed by atoms with Crippen LogP contribution in [0.1, 0.15) is 66.7 Å². The lowest BCUT2D eigenvalue weighted by Gasteiger charge is -2.19. The lowest BCUT2D eigenvalue weighted by atomic mass is 10.0. The highest BCUT2D eigenvalue weighted by atomic mass is 16.6. The SMILES string of the molecule is CCCC(=O)Oc1cc(N=Nc2cccc(-c3cccc(N=Nc4cc(OC(=O)CCC)c(NC(=O)OC)nc4NC(C)=O)c3)c2)c(NC(=O)OC)nc1NC(=O)CCOC(=O)Nc1nc(NC(=O)OC)c(N=Nc2ccccc2)cc1OC(=O)N(CC)CC. The van der Waals surface area contributed by atoms with Crippen molar-refractivity contribution in [1.82, 2.24) is 19.9 Å². The predicted molar refractivity (Wildman–Crippen MR) is 324 cm³/mol. The van der Waals surface area contributed by atoms with Crippen LogP contribution in [0.25, 0.3) is 11.1 Å². The summed E-state index contributed by atoms with van der Waals surface area (Å²) in [7, 11) is 3.32. The van der Waals surface area contributed by atoms with Crippen LogP contribution in [-0.2, 0) is 38.1 Å². The summed E-state index contributed by atoms with van der Waals surface area (Å²) >= 11 is 0. The number of carbonyl (C=O) groups excluding carboxylic acids is 9. The Morgan fingerprint density at radius 2 is 0.833 bits per heavy atom. The van der Waals surface area contributed by atoms with E-state index in [9.17, 15) is 43.2 Å². The summed E-state index contributed by atoms with van der Waals surface area (Å²) in [6, 6.07) is 25.7. The number of rotatable bonds is 25. The summed E-state index contributed by atoms with van der Waals surface area (Å²) in [5.41, 5.74) is 1.97. The first kappa shape index (κ1) is 67.3. The zero-order valence-corrected chi connectivity index (χ0v) is 49.9. The van der Waals surface area contributed by atoms with Crippen LogP contribution in [0.5, 0.6) is 17.2 Å². The number of anilines is 6. The molecule has 0 fully saturated rings. The molecule has 6 rings (SSSR count). The molecule has 6 N–H and O–H groups in total. The van der Waals surface area contributed by atoms with Gasteiger partial charge in [0.25, 0.3) is 0 Å². The molecule has 3 aromatic heterocycles. The molecular formula is C58H62N16O16. The van der Waals surface area contributed by atoms with Crippen LogP contribution < -0.4 is 46.1 Å². The molecule has 0 spiro atoms. The van der Waals surface area contributed by atoms with E-state index in [0.29, 0.717) is 35.3 Å². The molecule has 32 nitrogen and oxygen atoms in total. The van der Waals surface area contributed by atoms with Crippen molar-refractivity contribution < 1.29 is 76.3 Å². The highest BCUT2D eigenvalue weighted by molar-refractivity contribution is 5.96. The molecule has 0 aliphatic heterocycles. The number of benzene rings is 3. The third-order valence-corrected chi connectivity index (χ3v) is 11.6. The van der Waals surface area contributed by atoms with Gasteiger partial charge in [-0.25, -0.2) is 38.9 Å². The highest BCUT2D eigenvalue weighted by Gasteiger charge is 2.25. The fourth-order valence-corrected chi connectivity index (χ4v) is 7.36. The summed E-state index contributed by atoms with van der Waals surface area (Å²) in [6.07, 6.45) is -4.58. The molecule has 7 amide bonds. The van der Waals surface area contributed by atoms with Gasteiger partial charge in [0.05, 0.1) is 44.8 Å². The number of methoxy groups -OCH3 is 3. The van der Waals surface area contributed by atoms with Gasteiger partial charge in [-0.15, -0.1) is 15.3 Å². The van der Waals surface area contributed by atoms with Crippen LogP contribution in [0.4, 0.5) is 93.0 Å². The molecular weight excluding hydrogens is 1180 g/mol. The van der Waals surface area contributed by atoms with Gasteiger partial charge < -0.3 is 48.7 Å². The van der Waals surface area contributed by atoms with Gasteiger partial charge in [-0.1, -0.05) is 56.3 Å². The Hall–Kier alpha value is -11.9. The molecule has 0 aliphatic rings. The minimum absolute atomic E-state index is 0.0299. The number of carbonyl (C=O) groups is 9. The van der Waals surface area contributed by atoms with E-state index < -0.39 is 73.1 Å². The Kier molecular flexibility index (Phi) is 25.2. The first-order valence-corrected chi connectivity index (χ1v) is 27.5. The maximum absolute atomic E-state index is 13.5. The quantitative estimate of drug-likeness (QED) is 0.0176. The van der Waals surface area contributed by atoms with Gasteiger partial charge in [-0.05, 0) is 74.2 Å². The van der Waals surface area contributed by atoms with Crippen LogP contribution in [-0.4, -0.2) is 115 Å². The zero-order valence-electron chi connectivity index (χ0n) is 49.9. The molecule has 0 bridgehead atoms. The van der Waals surface area contributed by atoms with E-state index in [1.54, 1.807) is 107 Å². The molecule has 470 valence electrons. The zero-order chi connectivity index (χ0) is 65.1. The van der Waals surface area contributed by atoms with Gasteiger partial charge in [0.2, 0.25) is 11.8 Å². The van der Waals surface area contributed by atoms with Crippen molar-refractivity contribution in [3.05, 3.63) is 97.1 Å². The fourth-order valence-electron chi connectivity index (χ4n) is 7.36. The monoisotopic (exact) mass is 1240 g/mol. The molecule has 0 saturated heterocycles. The topological polar surface area (TPSA) is 406 Å². The van der Waals surface area contributed by atoms with Crippen molar-refractivity contribution in [3.63, 3.8) is 0 Å². The Morgan fingerprint density at radius 3 is 1.27 bits per heavy atom. The number of esters is 2. The van der Waals surface area contributed by atoms with Crippen LogP contribution >= 0.6 is 0 Å². The first-order chi connectivity index (χ1) is 43.3. The third kappa shape index (κ3) is 20.4. The van der Waals surface area contributed by atoms with E-state index in [1.165, 1.54) is 30.0 Å². The van der Waals surface area contributed by atoms with Crippen LogP contribution in [0.3, 0.4) is 0 Å². The Bertz CT molecular complexity index is 3710. The molecule has 3 aromatic carbocycles. The second kappa shape index (κ2) is 33.7. The normalized spacial score (nSPS) is 10.8. The summed E-state index contributed by atoms with van der Waals surface area (Å²) in [5, 5.41) is 40.2. The van der Waals surface area contributed by atoms with Gasteiger partial charge in [0.1, 0.15) is 23.7 Å². The predicted octanol–water partition coefficient (Wildman–Crippen LogP) is 13.1. The highest BCUT2D eigenvalue weighted by Crippen LogP contribution is 2.39. The van der Waals surface area contributed by atoms with E-state index in [0.717, 1.165) is 21.3 Å². The molecule has 0 unspecified atom stereocenters. The average Bonchev–Trinajstić information content (AvgIpc) is 1.33. The Balaban J connectivity index is 1.23. The molecule has 0 saturated carbocycles. The summed E-state index contributed by atoms with van der Waals surface area (Å²) in [5.74, 6) is -5.24. The molecule has 0 radical (unpaired) electrons. The number of ether oxygens (including phenoxy) is 7. The lowest BCUT2D eigenvalue weighted by molar-refractivity contribution is -0.135. The molecule has 0 aliphatic carbocycles. The summed E-state index contributed by atoms with van der Waals surface area (Å²) < 4.78 is 36.2. The lowest BCUT2D eigenvalue weighted by Crippen LogP contribution is -2.33. The standard InChI is InChI=1S/C58H62N16O16/c1-9-18-46(77)88-42-31-40(73-70-38-25-17-21-35(29-38)34-20-16-24-37(28-34)69-72-39-30-43(89-47(78)19-10-2)52(66-56(81)86-8)61-48(39)59-33(5)75)49(64-54(79)84-6)62-51(42)60-45(76)26-27-87-57(82)67-53-44(90-58(83)74(11-3)12-4)32-41(50(63-53)65-55(80)85-7)71-68-36-22-14-13-15-23-36/h13-17,20-25,28-32H,9-12,18-19,26-27H2,1-8H3,(H2,59,61,66,75,81)(H2,60,62,64,76,79)(H2,63,65,67,80,82). The smallest absolute Gasteiger partial charge is 0.415 e. The largest absolute Gasteiger partial charge is 0.453 e. The van der Waals surface area contributed by atoms with E-state index in [2.05, 4.69) is 82.3 Å². The first-order valence-electron chi connectivity index (χ1n) is 27.5. The van der Waals surface area contributed by atoms with E-state index in [1.807, 2.05) is 0 Å². The van der Waals surface area contributed by atoms with E-state index in [-0.39, 0.29) is 95.0 Å².